The molecule has 0 atom stereocenters. The van der Waals surface area contributed by atoms with Gasteiger partial charge in [0.2, 0.25) is 0 Å². The van der Waals surface area contributed by atoms with Crippen molar-refractivity contribution in [3.8, 4) is 6.07 Å². The first kappa shape index (κ1) is 11.2. The van der Waals surface area contributed by atoms with Crippen LogP contribution in [0.2, 0.25) is 0 Å². The van der Waals surface area contributed by atoms with Crippen molar-refractivity contribution in [1.82, 2.24) is 15.1 Å². The van der Waals surface area contributed by atoms with Crippen molar-refractivity contribution < 1.29 is 4.79 Å². The van der Waals surface area contributed by atoms with Gasteiger partial charge in [0.15, 0.2) is 0 Å². The van der Waals surface area contributed by atoms with Crippen LogP contribution >= 0.6 is 0 Å². The van der Waals surface area contributed by atoms with Gasteiger partial charge in [-0.05, 0) is 19.9 Å². The summed E-state index contributed by atoms with van der Waals surface area (Å²) in [5.74, 6) is -0.251. The predicted molar refractivity (Wildman–Crippen MR) is 54.9 cm³/mol. The minimum absolute atomic E-state index is 0.251. The van der Waals surface area contributed by atoms with Crippen molar-refractivity contribution in [2.24, 2.45) is 12.5 Å². The van der Waals surface area contributed by atoms with Crippen LogP contribution in [0.4, 0.5) is 0 Å². The zero-order valence-corrected chi connectivity index (χ0v) is 9.11. The van der Waals surface area contributed by atoms with Crippen molar-refractivity contribution in [2.45, 2.75) is 13.8 Å². The third kappa shape index (κ3) is 3.09. The van der Waals surface area contributed by atoms with E-state index in [0.717, 1.165) is 0 Å². The Labute approximate surface area is 88.7 Å². The second kappa shape index (κ2) is 4.13. The van der Waals surface area contributed by atoms with Gasteiger partial charge in [-0.2, -0.15) is 10.4 Å². The molecule has 0 unspecified atom stereocenters. The molecule has 5 heteroatoms. The van der Waals surface area contributed by atoms with E-state index in [1.54, 1.807) is 37.8 Å². The van der Waals surface area contributed by atoms with E-state index >= 15 is 0 Å². The van der Waals surface area contributed by atoms with Crippen LogP contribution in [0, 0.1) is 16.7 Å². The van der Waals surface area contributed by atoms with Gasteiger partial charge in [-0.15, -0.1) is 0 Å². The van der Waals surface area contributed by atoms with E-state index in [0.29, 0.717) is 12.2 Å². The van der Waals surface area contributed by atoms with E-state index in [9.17, 15) is 4.79 Å². The monoisotopic (exact) mass is 206 g/mol. The highest BCUT2D eigenvalue weighted by Crippen LogP contribution is 2.10. The number of nitrogens with zero attached hydrogens (tertiary/aromatic N) is 3. The molecule has 1 aromatic rings. The fourth-order valence-corrected chi connectivity index (χ4v) is 0.968. The van der Waals surface area contributed by atoms with Crippen LogP contribution in [0.1, 0.15) is 24.3 Å². The Hall–Kier alpha value is -1.83. The second-order valence-electron chi connectivity index (χ2n) is 4.05. The molecule has 0 aliphatic carbocycles. The topological polar surface area (TPSA) is 70.7 Å². The third-order valence-corrected chi connectivity index (χ3v) is 1.94. The van der Waals surface area contributed by atoms with Gasteiger partial charge < -0.3 is 5.32 Å². The number of nitriles is 1. The van der Waals surface area contributed by atoms with Gasteiger partial charge in [-0.25, -0.2) is 0 Å². The zero-order valence-electron chi connectivity index (χ0n) is 9.11. The van der Waals surface area contributed by atoms with Crippen molar-refractivity contribution in [2.75, 3.05) is 6.54 Å². The smallest absolute Gasteiger partial charge is 0.271 e. The van der Waals surface area contributed by atoms with Crippen LogP contribution in [0.25, 0.3) is 0 Å². The molecule has 0 spiro atoms. The Morgan fingerprint density at radius 3 is 2.87 bits per heavy atom. The molecule has 15 heavy (non-hydrogen) atoms. The zero-order chi connectivity index (χ0) is 11.5. The maximum absolute atomic E-state index is 11.5. The van der Waals surface area contributed by atoms with Gasteiger partial charge >= 0.3 is 0 Å². The molecule has 0 saturated carbocycles. The van der Waals surface area contributed by atoms with Crippen LogP contribution in [0.15, 0.2) is 12.3 Å². The SMILES string of the molecule is Cn1ccc(C(=O)NCC(C)(C)C#N)n1. The minimum atomic E-state index is -0.551. The van der Waals surface area contributed by atoms with E-state index in [1.165, 1.54) is 0 Å². The summed E-state index contributed by atoms with van der Waals surface area (Å²) in [4.78, 5) is 11.5. The molecule has 1 heterocycles. The normalized spacial score (nSPS) is 10.8. The molecular formula is C10H14N4O. The summed E-state index contributed by atoms with van der Waals surface area (Å²) in [6, 6.07) is 3.75. The lowest BCUT2D eigenvalue weighted by Gasteiger charge is -2.14. The predicted octanol–water partition coefficient (Wildman–Crippen LogP) is 0.700. The van der Waals surface area contributed by atoms with E-state index in [1.807, 2.05) is 0 Å². The van der Waals surface area contributed by atoms with Gasteiger partial charge in [0.25, 0.3) is 5.91 Å². The number of hydrogen-bond acceptors (Lipinski definition) is 3. The molecule has 0 aliphatic heterocycles. The molecule has 5 nitrogen and oxygen atoms in total. The van der Waals surface area contributed by atoms with Gasteiger partial charge in [0.1, 0.15) is 5.69 Å². The fraction of sp³-hybridized carbons (Fsp3) is 0.500. The Morgan fingerprint density at radius 1 is 1.73 bits per heavy atom. The molecule has 80 valence electrons. The van der Waals surface area contributed by atoms with Crippen molar-refractivity contribution >= 4 is 5.91 Å². The van der Waals surface area contributed by atoms with Crippen LogP contribution in [0.3, 0.4) is 0 Å². The van der Waals surface area contributed by atoms with Crippen LogP contribution in [-0.4, -0.2) is 22.2 Å². The lowest BCUT2D eigenvalue weighted by Crippen LogP contribution is -2.33. The van der Waals surface area contributed by atoms with E-state index in [4.69, 9.17) is 5.26 Å². The molecule has 0 saturated heterocycles. The van der Waals surface area contributed by atoms with E-state index < -0.39 is 5.41 Å². The fourth-order valence-electron chi connectivity index (χ4n) is 0.968. The maximum Gasteiger partial charge on any atom is 0.271 e. The van der Waals surface area contributed by atoms with Crippen molar-refractivity contribution in [1.29, 1.82) is 5.26 Å². The van der Waals surface area contributed by atoms with Crippen LogP contribution < -0.4 is 5.32 Å². The van der Waals surface area contributed by atoms with Crippen molar-refractivity contribution in [3.63, 3.8) is 0 Å². The number of carbonyl (C=O) groups excluding carboxylic acids is 1. The van der Waals surface area contributed by atoms with Gasteiger partial charge in [-0.3, -0.25) is 9.48 Å². The highest BCUT2D eigenvalue weighted by atomic mass is 16.1. The highest BCUT2D eigenvalue weighted by Gasteiger charge is 2.18. The number of carbonyl (C=O) groups is 1. The first-order chi connectivity index (χ1) is 6.94. The molecule has 0 fully saturated rings. The van der Waals surface area contributed by atoms with Gasteiger partial charge in [-0.1, -0.05) is 0 Å². The van der Waals surface area contributed by atoms with Crippen LogP contribution in [0.5, 0.6) is 0 Å². The van der Waals surface area contributed by atoms with Crippen LogP contribution in [-0.2, 0) is 7.05 Å². The number of nitrogens with one attached hydrogen (secondary N) is 1. The lowest BCUT2D eigenvalue weighted by molar-refractivity contribution is 0.0938. The first-order valence-electron chi connectivity index (χ1n) is 4.64. The number of aryl methyl sites for hydroxylation is 1. The maximum atomic E-state index is 11.5. The molecule has 1 rings (SSSR count). The molecule has 1 amide bonds. The molecule has 0 aromatic carbocycles. The van der Waals surface area contributed by atoms with Crippen molar-refractivity contribution in [3.05, 3.63) is 18.0 Å². The summed E-state index contributed by atoms with van der Waals surface area (Å²) >= 11 is 0. The average molecular weight is 206 g/mol. The molecule has 1 aromatic heterocycles. The number of rotatable bonds is 3. The summed E-state index contributed by atoms with van der Waals surface area (Å²) in [7, 11) is 1.75. The molecule has 0 aliphatic rings. The van der Waals surface area contributed by atoms with Gasteiger partial charge in [0, 0.05) is 19.8 Å². The molecule has 0 bridgehead atoms. The molecule has 1 N–H and O–H groups in total. The van der Waals surface area contributed by atoms with E-state index in [-0.39, 0.29) is 5.91 Å². The average Bonchev–Trinajstić information content (AvgIpc) is 2.61. The minimum Gasteiger partial charge on any atom is -0.349 e. The summed E-state index contributed by atoms with van der Waals surface area (Å²) in [6.45, 7) is 3.86. The Balaban J connectivity index is 2.55. The van der Waals surface area contributed by atoms with E-state index in [2.05, 4.69) is 16.5 Å². The van der Waals surface area contributed by atoms with Gasteiger partial charge in [0.05, 0.1) is 11.5 Å². The summed E-state index contributed by atoms with van der Waals surface area (Å²) < 4.78 is 1.56. The Morgan fingerprint density at radius 2 is 2.40 bits per heavy atom. The summed E-state index contributed by atoms with van der Waals surface area (Å²) in [5.41, 5.74) is -0.184. The standard InChI is InChI=1S/C10H14N4O/c1-10(2,6-11)7-12-9(15)8-4-5-14(3)13-8/h4-5H,7H2,1-3H3,(H,12,15). The first-order valence-corrected chi connectivity index (χ1v) is 4.64. The quantitative estimate of drug-likeness (QED) is 0.791. The highest BCUT2D eigenvalue weighted by molar-refractivity contribution is 5.92. The summed E-state index contributed by atoms with van der Waals surface area (Å²) in [5, 5.41) is 15.4. The number of hydrogen-bond donors (Lipinski definition) is 1. The Kier molecular flexibility index (Phi) is 3.10. The Bertz CT molecular complexity index is 400. The summed E-state index contributed by atoms with van der Waals surface area (Å²) in [6.07, 6.45) is 1.70. The number of aromatic nitrogens is 2. The lowest BCUT2D eigenvalue weighted by atomic mass is 9.96. The largest absolute Gasteiger partial charge is 0.349 e. The molecular weight excluding hydrogens is 192 g/mol. The molecule has 0 radical (unpaired) electrons. The third-order valence-electron chi connectivity index (χ3n) is 1.94. The number of amides is 1. The second-order valence-corrected chi connectivity index (χ2v) is 4.05.